The molecular weight excluding hydrogens is 332 g/mol. The monoisotopic (exact) mass is 356 g/mol. The highest BCUT2D eigenvalue weighted by Crippen LogP contribution is 2.59. The van der Waals surface area contributed by atoms with Crippen LogP contribution in [0.2, 0.25) is 0 Å². The smallest absolute Gasteiger partial charge is 0.240 e. The first-order valence-electron chi connectivity index (χ1n) is 9.17. The maximum Gasteiger partial charge on any atom is 0.240 e. The van der Waals surface area contributed by atoms with Crippen molar-refractivity contribution in [1.29, 1.82) is 0 Å². The summed E-state index contributed by atoms with van der Waals surface area (Å²) in [5.41, 5.74) is 2.99. The zero-order valence-corrected chi connectivity index (χ0v) is 15.3. The van der Waals surface area contributed by atoms with Gasteiger partial charge in [0.25, 0.3) is 0 Å². The fourth-order valence-corrected chi connectivity index (χ4v) is 4.56. The van der Waals surface area contributed by atoms with Crippen LogP contribution >= 0.6 is 12.2 Å². The normalized spacial score (nSPS) is 23.6. The lowest BCUT2D eigenvalue weighted by Gasteiger charge is -2.13. The first-order valence-corrected chi connectivity index (χ1v) is 9.58. The maximum atomic E-state index is 12.4. The lowest BCUT2D eigenvalue weighted by atomic mass is 9.92. The van der Waals surface area contributed by atoms with Gasteiger partial charge in [-0.15, -0.1) is 0 Å². The van der Waals surface area contributed by atoms with Crippen molar-refractivity contribution in [3.05, 3.63) is 46.0 Å². The number of rotatable bonds is 6. The number of aromatic nitrogens is 3. The minimum Gasteiger partial charge on any atom is -0.354 e. The molecule has 0 aliphatic heterocycles. The van der Waals surface area contributed by atoms with Crippen LogP contribution in [-0.2, 0) is 24.2 Å². The summed E-state index contributed by atoms with van der Waals surface area (Å²) in [5, 5.41) is 10.1. The fourth-order valence-electron chi connectivity index (χ4n) is 4.35. The Balaban J connectivity index is 1.35. The number of carbonyl (C=O) groups is 1. The molecule has 2 N–H and O–H groups in total. The van der Waals surface area contributed by atoms with Gasteiger partial charge in [0.2, 0.25) is 5.91 Å². The van der Waals surface area contributed by atoms with E-state index in [1.807, 2.05) is 4.57 Å². The van der Waals surface area contributed by atoms with Gasteiger partial charge in [-0.1, -0.05) is 31.2 Å². The Bertz CT molecular complexity index is 840. The standard InChI is InChI=1S/C19H24N4OS/c1-2-5-16-21-22-19(25)23(16)11-17(24)20-10-15-14-9-8-12-6-3-4-7-13(12)18(14)15/h3-4,6-7,14-15,18H,2,5,8-11H2,1H3,(H,20,24)(H,22,25)/t14-,15+,18+/m0/s1. The summed E-state index contributed by atoms with van der Waals surface area (Å²) in [4.78, 5) is 12.4. The van der Waals surface area contributed by atoms with Gasteiger partial charge in [-0.2, -0.15) is 5.10 Å². The number of nitrogens with zero attached hydrogens (tertiary/aromatic N) is 2. The van der Waals surface area contributed by atoms with Gasteiger partial charge < -0.3 is 5.32 Å². The third-order valence-electron chi connectivity index (χ3n) is 5.64. The number of aromatic amines is 1. The third kappa shape index (κ3) is 3.15. The zero-order valence-electron chi connectivity index (χ0n) is 14.5. The highest BCUT2D eigenvalue weighted by molar-refractivity contribution is 7.71. The van der Waals surface area contributed by atoms with Gasteiger partial charge >= 0.3 is 0 Å². The van der Waals surface area contributed by atoms with Crippen LogP contribution in [0.1, 0.15) is 42.6 Å². The molecule has 0 bridgehead atoms. The summed E-state index contributed by atoms with van der Waals surface area (Å²) in [6.45, 7) is 3.11. The van der Waals surface area contributed by atoms with Crippen LogP contribution in [0.4, 0.5) is 0 Å². The summed E-state index contributed by atoms with van der Waals surface area (Å²) >= 11 is 5.25. The predicted molar refractivity (Wildman–Crippen MR) is 98.9 cm³/mol. The van der Waals surface area contributed by atoms with E-state index in [0.29, 0.717) is 16.6 Å². The van der Waals surface area contributed by atoms with Crippen LogP contribution in [0.5, 0.6) is 0 Å². The number of amides is 1. The van der Waals surface area contributed by atoms with Crippen molar-refractivity contribution in [2.24, 2.45) is 11.8 Å². The largest absolute Gasteiger partial charge is 0.354 e. The molecule has 5 nitrogen and oxygen atoms in total. The van der Waals surface area contributed by atoms with E-state index < -0.39 is 0 Å². The molecule has 1 heterocycles. The van der Waals surface area contributed by atoms with Crippen molar-refractivity contribution in [1.82, 2.24) is 20.1 Å². The second kappa shape index (κ2) is 6.75. The number of hydrogen-bond acceptors (Lipinski definition) is 3. The number of fused-ring (bicyclic) bond motifs is 3. The Morgan fingerprint density at radius 1 is 1.44 bits per heavy atom. The number of hydrogen-bond donors (Lipinski definition) is 2. The molecule has 2 aromatic rings. The second-order valence-corrected chi connectivity index (χ2v) is 7.56. The predicted octanol–water partition coefficient (Wildman–Crippen LogP) is 2.99. The lowest BCUT2D eigenvalue weighted by Crippen LogP contribution is -2.30. The van der Waals surface area contributed by atoms with Crippen molar-refractivity contribution in [2.45, 2.75) is 45.1 Å². The molecule has 2 aliphatic carbocycles. The molecule has 132 valence electrons. The molecule has 0 unspecified atom stereocenters. The van der Waals surface area contributed by atoms with E-state index in [2.05, 4.69) is 46.7 Å². The summed E-state index contributed by atoms with van der Waals surface area (Å²) < 4.78 is 2.33. The summed E-state index contributed by atoms with van der Waals surface area (Å²) in [5.74, 6) is 2.84. The van der Waals surface area contributed by atoms with Crippen LogP contribution in [0, 0.1) is 16.6 Å². The molecule has 1 amide bonds. The quantitative estimate of drug-likeness (QED) is 0.782. The first kappa shape index (κ1) is 16.5. The summed E-state index contributed by atoms with van der Waals surface area (Å²) in [7, 11) is 0. The third-order valence-corrected chi connectivity index (χ3v) is 5.95. The van der Waals surface area contributed by atoms with E-state index in [1.54, 1.807) is 0 Å². The molecule has 1 saturated carbocycles. The average molecular weight is 356 g/mol. The molecular formula is C19H24N4OS. The Labute approximate surface area is 152 Å². The lowest BCUT2D eigenvalue weighted by molar-refractivity contribution is -0.121. The van der Waals surface area contributed by atoms with E-state index in [-0.39, 0.29) is 12.5 Å². The molecule has 25 heavy (non-hydrogen) atoms. The molecule has 0 saturated heterocycles. The van der Waals surface area contributed by atoms with Gasteiger partial charge in [-0.25, -0.2) is 0 Å². The van der Waals surface area contributed by atoms with E-state index >= 15 is 0 Å². The van der Waals surface area contributed by atoms with Gasteiger partial charge in [-0.3, -0.25) is 14.5 Å². The van der Waals surface area contributed by atoms with Crippen molar-refractivity contribution in [2.75, 3.05) is 6.54 Å². The van der Waals surface area contributed by atoms with Crippen LogP contribution in [0.25, 0.3) is 0 Å². The highest BCUT2D eigenvalue weighted by atomic mass is 32.1. The van der Waals surface area contributed by atoms with E-state index in [0.717, 1.165) is 31.1 Å². The van der Waals surface area contributed by atoms with Crippen molar-refractivity contribution in [3.63, 3.8) is 0 Å². The van der Waals surface area contributed by atoms with Gasteiger partial charge in [0, 0.05) is 13.0 Å². The van der Waals surface area contributed by atoms with Crippen molar-refractivity contribution in [3.8, 4) is 0 Å². The van der Waals surface area contributed by atoms with Gasteiger partial charge in [0.15, 0.2) is 4.77 Å². The maximum absolute atomic E-state index is 12.4. The van der Waals surface area contributed by atoms with Crippen LogP contribution < -0.4 is 5.32 Å². The Morgan fingerprint density at radius 2 is 2.28 bits per heavy atom. The highest BCUT2D eigenvalue weighted by Gasteiger charge is 2.52. The minimum atomic E-state index is 0.0202. The van der Waals surface area contributed by atoms with E-state index in [9.17, 15) is 4.79 Å². The molecule has 0 spiro atoms. The van der Waals surface area contributed by atoms with Gasteiger partial charge in [0.05, 0.1) is 0 Å². The van der Waals surface area contributed by atoms with Crippen LogP contribution in [-0.4, -0.2) is 27.2 Å². The number of aryl methyl sites for hydroxylation is 2. The SMILES string of the molecule is CCCc1n[nH]c(=S)n1CC(=O)NC[C@@H]1[C@@H]2CCc3ccccc3[C@@H]12. The van der Waals surface area contributed by atoms with E-state index in [1.165, 1.54) is 24.0 Å². The van der Waals surface area contributed by atoms with Crippen LogP contribution in [0.15, 0.2) is 24.3 Å². The van der Waals surface area contributed by atoms with Crippen LogP contribution in [0.3, 0.4) is 0 Å². The molecule has 4 rings (SSSR count). The molecule has 1 aromatic heterocycles. The molecule has 0 radical (unpaired) electrons. The first-order chi connectivity index (χ1) is 12.2. The van der Waals surface area contributed by atoms with Gasteiger partial charge in [-0.05, 0) is 60.4 Å². The number of carbonyl (C=O) groups excluding carboxylic acids is 1. The fraction of sp³-hybridized carbons (Fsp3) is 0.526. The average Bonchev–Trinajstić information content (AvgIpc) is 3.25. The topological polar surface area (TPSA) is 62.7 Å². The van der Waals surface area contributed by atoms with Crippen molar-refractivity contribution < 1.29 is 4.79 Å². The minimum absolute atomic E-state index is 0.0202. The van der Waals surface area contributed by atoms with Gasteiger partial charge in [0.1, 0.15) is 12.4 Å². The Hall–Kier alpha value is -1.95. The van der Waals surface area contributed by atoms with Crippen molar-refractivity contribution >= 4 is 18.1 Å². The summed E-state index contributed by atoms with van der Waals surface area (Å²) in [6.07, 6.45) is 4.22. The number of nitrogens with one attached hydrogen (secondary N) is 2. The zero-order chi connectivity index (χ0) is 17.4. The number of benzene rings is 1. The molecule has 3 atom stereocenters. The molecule has 2 aliphatic rings. The molecule has 1 fully saturated rings. The molecule has 6 heteroatoms. The molecule has 1 aromatic carbocycles. The second-order valence-electron chi connectivity index (χ2n) is 7.18. The Kier molecular flexibility index (Phi) is 4.46. The Morgan fingerprint density at radius 3 is 3.12 bits per heavy atom. The summed E-state index contributed by atoms with van der Waals surface area (Å²) in [6, 6.07) is 8.76. The number of H-pyrrole nitrogens is 1. The van der Waals surface area contributed by atoms with E-state index in [4.69, 9.17) is 12.2 Å².